The minimum Gasteiger partial charge on any atom is -0.497 e. The van der Waals surface area contributed by atoms with Crippen LogP contribution in [-0.4, -0.2) is 30.6 Å². The van der Waals surface area contributed by atoms with E-state index in [0.29, 0.717) is 16.9 Å². The molecular formula is C27H28O5S. The van der Waals surface area contributed by atoms with Gasteiger partial charge in [-0.15, -0.1) is 0 Å². The highest BCUT2D eigenvalue weighted by molar-refractivity contribution is 7.99. The van der Waals surface area contributed by atoms with Gasteiger partial charge in [0.1, 0.15) is 11.5 Å². The maximum atomic E-state index is 12.9. The van der Waals surface area contributed by atoms with Crippen LogP contribution in [0, 0.1) is 0 Å². The molecular weight excluding hydrogens is 436 g/mol. The van der Waals surface area contributed by atoms with Gasteiger partial charge in [-0.1, -0.05) is 11.8 Å². The molecule has 0 aliphatic carbocycles. The summed E-state index contributed by atoms with van der Waals surface area (Å²) in [5.41, 5.74) is 0.0109. The standard InChI is InChI=1S/C27H28O5S/c1-18(2)31-26(29)27(3,4)32-22-10-6-19(7-11-22)25(28)20-8-14-23(15-9-20)33-24-16-12-21(30-5)13-17-24/h6-18H,1-5H3. The van der Waals surface area contributed by atoms with E-state index in [2.05, 4.69) is 0 Å². The molecule has 3 rings (SSSR count). The van der Waals surface area contributed by atoms with Crippen LogP contribution in [0.3, 0.4) is 0 Å². The summed E-state index contributed by atoms with van der Waals surface area (Å²) >= 11 is 1.61. The minimum absolute atomic E-state index is 0.0824. The molecule has 172 valence electrons. The number of carbonyl (C=O) groups is 2. The number of hydrogen-bond acceptors (Lipinski definition) is 6. The van der Waals surface area contributed by atoms with Crippen LogP contribution < -0.4 is 9.47 Å². The predicted molar refractivity (Wildman–Crippen MR) is 129 cm³/mol. The van der Waals surface area contributed by atoms with Gasteiger partial charge < -0.3 is 14.2 Å². The SMILES string of the molecule is COc1ccc(Sc2ccc(C(=O)c3ccc(OC(C)(C)C(=O)OC(C)C)cc3)cc2)cc1. The first-order valence-corrected chi connectivity index (χ1v) is 11.5. The summed E-state index contributed by atoms with van der Waals surface area (Å²) in [4.78, 5) is 27.2. The molecule has 0 fully saturated rings. The Balaban J connectivity index is 1.64. The fraction of sp³-hybridized carbons (Fsp3) is 0.259. The maximum absolute atomic E-state index is 12.9. The quantitative estimate of drug-likeness (QED) is 0.278. The second-order valence-corrected chi connectivity index (χ2v) is 9.37. The first-order valence-electron chi connectivity index (χ1n) is 10.6. The van der Waals surface area contributed by atoms with Gasteiger partial charge in [-0.2, -0.15) is 0 Å². The third kappa shape index (κ3) is 6.62. The third-order valence-corrected chi connectivity index (χ3v) is 5.75. The Morgan fingerprint density at radius 1 is 0.758 bits per heavy atom. The van der Waals surface area contributed by atoms with Gasteiger partial charge in [-0.25, -0.2) is 4.79 Å². The molecule has 0 aromatic heterocycles. The lowest BCUT2D eigenvalue weighted by Crippen LogP contribution is -2.40. The topological polar surface area (TPSA) is 61.8 Å². The van der Waals surface area contributed by atoms with Gasteiger partial charge in [0.05, 0.1) is 13.2 Å². The first kappa shape index (κ1) is 24.4. The number of ketones is 1. The normalized spacial score (nSPS) is 11.2. The molecule has 0 amide bonds. The van der Waals surface area contributed by atoms with Gasteiger partial charge in [0.15, 0.2) is 11.4 Å². The van der Waals surface area contributed by atoms with E-state index >= 15 is 0 Å². The Kier molecular flexibility index (Phi) is 7.82. The van der Waals surface area contributed by atoms with Gasteiger partial charge in [0.25, 0.3) is 0 Å². The summed E-state index contributed by atoms with van der Waals surface area (Å²) < 4.78 is 16.2. The van der Waals surface area contributed by atoms with Crippen molar-refractivity contribution < 1.29 is 23.8 Å². The van der Waals surface area contributed by atoms with Crippen molar-refractivity contribution in [2.45, 2.75) is 49.2 Å². The summed E-state index contributed by atoms with van der Waals surface area (Å²) in [6.07, 6.45) is -0.221. The third-order valence-electron chi connectivity index (χ3n) is 4.74. The summed E-state index contributed by atoms with van der Waals surface area (Å²) in [7, 11) is 1.64. The average Bonchev–Trinajstić information content (AvgIpc) is 2.79. The van der Waals surface area contributed by atoms with Crippen LogP contribution >= 0.6 is 11.8 Å². The van der Waals surface area contributed by atoms with Crippen LogP contribution in [0.15, 0.2) is 82.6 Å². The van der Waals surface area contributed by atoms with Gasteiger partial charge >= 0.3 is 5.97 Å². The van der Waals surface area contributed by atoms with Crippen LogP contribution in [0.25, 0.3) is 0 Å². The van der Waals surface area contributed by atoms with Crippen molar-refractivity contribution in [2.24, 2.45) is 0 Å². The Morgan fingerprint density at radius 2 is 1.21 bits per heavy atom. The number of rotatable bonds is 9. The number of benzene rings is 3. The molecule has 0 aliphatic heterocycles. The summed E-state index contributed by atoms with van der Waals surface area (Å²) in [5, 5.41) is 0. The molecule has 6 heteroatoms. The molecule has 0 unspecified atom stereocenters. The van der Waals surface area contributed by atoms with Gasteiger partial charge in [-0.05, 0) is 100 Å². The molecule has 0 aliphatic rings. The van der Waals surface area contributed by atoms with E-state index in [-0.39, 0.29) is 11.9 Å². The van der Waals surface area contributed by atoms with Crippen LogP contribution in [-0.2, 0) is 9.53 Å². The highest BCUT2D eigenvalue weighted by Crippen LogP contribution is 2.29. The Hall–Kier alpha value is -3.25. The molecule has 0 saturated heterocycles. The Morgan fingerprint density at radius 3 is 1.70 bits per heavy atom. The largest absolute Gasteiger partial charge is 0.497 e. The van der Waals surface area contributed by atoms with Gasteiger partial charge in [0, 0.05) is 20.9 Å². The monoisotopic (exact) mass is 464 g/mol. The van der Waals surface area contributed by atoms with Crippen LogP contribution in [0.2, 0.25) is 0 Å². The molecule has 0 N–H and O–H groups in total. The van der Waals surface area contributed by atoms with Crippen LogP contribution in [0.1, 0.15) is 43.6 Å². The van der Waals surface area contributed by atoms with Crippen molar-refractivity contribution in [1.29, 1.82) is 0 Å². The van der Waals surface area contributed by atoms with Crippen molar-refractivity contribution in [2.75, 3.05) is 7.11 Å². The molecule has 0 atom stereocenters. The lowest BCUT2D eigenvalue weighted by atomic mass is 10.0. The number of methoxy groups -OCH3 is 1. The number of hydrogen-bond donors (Lipinski definition) is 0. The zero-order valence-electron chi connectivity index (χ0n) is 19.5. The fourth-order valence-corrected chi connectivity index (χ4v) is 3.80. The molecule has 3 aromatic rings. The second-order valence-electron chi connectivity index (χ2n) is 8.22. The highest BCUT2D eigenvalue weighted by Gasteiger charge is 2.32. The van der Waals surface area contributed by atoms with Crippen molar-refractivity contribution in [3.8, 4) is 11.5 Å². The maximum Gasteiger partial charge on any atom is 0.350 e. The summed E-state index contributed by atoms with van der Waals surface area (Å²) in [6, 6.07) is 22.1. The summed E-state index contributed by atoms with van der Waals surface area (Å²) in [5.74, 6) is 0.783. The molecule has 3 aromatic carbocycles. The van der Waals surface area contributed by atoms with E-state index in [9.17, 15) is 9.59 Å². The van der Waals surface area contributed by atoms with E-state index in [1.807, 2.05) is 48.5 Å². The Labute approximate surface area is 199 Å². The molecule has 33 heavy (non-hydrogen) atoms. The molecule has 0 bridgehead atoms. The molecule has 5 nitrogen and oxygen atoms in total. The number of carbonyl (C=O) groups excluding carboxylic acids is 2. The molecule has 0 heterocycles. The van der Waals surface area contributed by atoms with Gasteiger partial charge in [-0.3, -0.25) is 4.79 Å². The number of ether oxygens (including phenoxy) is 3. The van der Waals surface area contributed by atoms with Crippen LogP contribution in [0.4, 0.5) is 0 Å². The lowest BCUT2D eigenvalue weighted by Gasteiger charge is -2.25. The highest BCUT2D eigenvalue weighted by atomic mass is 32.2. The van der Waals surface area contributed by atoms with E-state index in [4.69, 9.17) is 14.2 Å². The zero-order valence-corrected chi connectivity index (χ0v) is 20.3. The van der Waals surface area contributed by atoms with E-state index in [0.717, 1.165) is 15.5 Å². The minimum atomic E-state index is -1.13. The van der Waals surface area contributed by atoms with Crippen LogP contribution in [0.5, 0.6) is 11.5 Å². The average molecular weight is 465 g/mol. The first-order chi connectivity index (χ1) is 15.7. The smallest absolute Gasteiger partial charge is 0.350 e. The molecule has 0 radical (unpaired) electrons. The molecule has 0 saturated carbocycles. The second kappa shape index (κ2) is 10.6. The zero-order chi connectivity index (χ0) is 24.0. The molecule has 0 spiro atoms. The fourth-order valence-electron chi connectivity index (χ4n) is 2.99. The predicted octanol–water partition coefficient (Wildman–Crippen LogP) is 6.19. The van der Waals surface area contributed by atoms with E-state index in [1.165, 1.54) is 0 Å². The van der Waals surface area contributed by atoms with E-state index < -0.39 is 11.6 Å². The van der Waals surface area contributed by atoms with Crippen molar-refractivity contribution >= 4 is 23.5 Å². The van der Waals surface area contributed by atoms with E-state index in [1.54, 1.807) is 70.8 Å². The summed E-state index contributed by atoms with van der Waals surface area (Å²) in [6.45, 7) is 6.89. The van der Waals surface area contributed by atoms with Crippen molar-refractivity contribution in [1.82, 2.24) is 0 Å². The van der Waals surface area contributed by atoms with Gasteiger partial charge in [0.2, 0.25) is 0 Å². The Bertz CT molecular complexity index is 1080. The lowest BCUT2D eigenvalue weighted by molar-refractivity contribution is -0.163. The number of esters is 1. The van der Waals surface area contributed by atoms with Crippen molar-refractivity contribution in [3.05, 3.63) is 83.9 Å². The van der Waals surface area contributed by atoms with Crippen molar-refractivity contribution in [3.63, 3.8) is 0 Å².